The number of carbonyl (C=O) groups is 2. The molecule has 0 spiro atoms. The van der Waals surface area contributed by atoms with Gasteiger partial charge in [0, 0.05) is 33.1 Å². The summed E-state index contributed by atoms with van der Waals surface area (Å²) >= 11 is 0. The molecule has 7 nitrogen and oxygen atoms in total. The molecule has 0 aliphatic carbocycles. The van der Waals surface area contributed by atoms with Gasteiger partial charge < -0.3 is 15.2 Å². The third-order valence-electron chi connectivity index (χ3n) is 3.60. The normalized spacial score (nSPS) is 22.9. The maximum Gasteiger partial charge on any atom is 0.268 e. The Morgan fingerprint density at radius 1 is 1.47 bits per heavy atom. The van der Waals surface area contributed by atoms with Crippen molar-refractivity contribution >= 4 is 17.5 Å². The van der Waals surface area contributed by atoms with Crippen LogP contribution in [0.1, 0.15) is 25.7 Å². The highest BCUT2D eigenvalue weighted by molar-refractivity contribution is 6.39. The summed E-state index contributed by atoms with van der Waals surface area (Å²) in [6.07, 6.45) is 1.79. The first kappa shape index (κ1) is 14.0. The molecule has 0 bridgehead atoms. The molecule has 19 heavy (non-hydrogen) atoms. The fourth-order valence-corrected chi connectivity index (χ4v) is 2.23. The number of ether oxygens (including phenoxy) is 1. The van der Waals surface area contributed by atoms with Gasteiger partial charge in [0.25, 0.3) is 5.91 Å². The van der Waals surface area contributed by atoms with Crippen LogP contribution in [0.2, 0.25) is 0 Å². The molecule has 0 aromatic rings. The number of nitrogens with zero attached hydrogens (tertiary/aromatic N) is 2. The molecule has 1 saturated heterocycles. The number of carbonyl (C=O) groups excluding carboxylic acids is 2. The van der Waals surface area contributed by atoms with Crippen molar-refractivity contribution < 1.29 is 19.4 Å². The summed E-state index contributed by atoms with van der Waals surface area (Å²) in [6, 6.07) is 0. The Morgan fingerprint density at radius 3 is 2.74 bits per heavy atom. The Labute approximate surface area is 111 Å². The lowest BCUT2D eigenvalue weighted by Gasteiger charge is -2.36. The lowest BCUT2D eigenvalue weighted by atomic mass is 9.90. The van der Waals surface area contributed by atoms with E-state index in [-0.39, 0.29) is 24.8 Å². The number of amides is 2. The van der Waals surface area contributed by atoms with Crippen LogP contribution in [0, 0.1) is 0 Å². The molecular formula is C12H19N3O4. The Hall–Kier alpha value is -1.47. The third kappa shape index (κ3) is 3.10. The largest absolute Gasteiger partial charge is 0.394 e. The Morgan fingerprint density at radius 2 is 2.16 bits per heavy atom. The van der Waals surface area contributed by atoms with Crippen LogP contribution in [-0.2, 0) is 14.3 Å². The third-order valence-corrected chi connectivity index (χ3v) is 3.60. The monoisotopic (exact) mass is 269 g/mol. The van der Waals surface area contributed by atoms with E-state index in [1.807, 2.05) is 0 Å². The van der Waals surface area contributed by atoms with Crippen LogP contribution < -0.4 is 5.32 Å². The van der Waals surface area contributed by atoms with Gasteiger partial charge >= 0.3 is 0 Å². The fourth-order valence-electron chi connectivity index (χ4n) is 2.23. The highest BCUT2D eigenvalue weighted by Gasteiger charge is 2.35. The summed E-state index contributed by atoms with van der Waals surface area (Å²) in [7, 11) is 1.53. The van der Waals surface area contributed by atoms with E-state index in [0.29, 0.717) is 38.2 Å². The van der Waals surface area contributed by atoms with Crippen molar-refractivity contribution in [2.75, 3.05) is 26.9 Å². The standard InChI is InChI=1S/C12H19N3O4/c1-15-10(17)3-2-9(14-15)11(18)13-12(8-16)4-6-19-7-5-12/h16H,2-8H2,1H3,(H,13,18). The van der Waals surface area contributed by atoms with Gasteiger partial charge in [0.05, 0.1) is 12.1 Å². The number of aliphatic hydroxyl groups excluding tert-OH is 1. The number of rotatable bonds is 3. The number of aliphatic hydroxyl groups is 1. The van der Waals surface area contributed by atoms with E-state index in [2.05, 4.69) is 10.4 Å². The van der Waals surface area contributed by atoms with E-state index >= 15 is 0 Å². The van der Waals surface area contributed by atoms with Crippen molar-refractivity contribution in [3.8, 4) is 0 Å². The zero-order valence-electron chi connectivity index (χ0n) is 11.0. The van der Waals surface area contributed by atoms with Crippen LogP contribution in [0.4, 0.5) is 0 Å². The number of hydrazone groups is 1. The maximum absolute atomic E-state index is 12.2. The van der Waals surface area contributed by atoms with E-state index in [1.165, 1.54) is 12.1 Å². The first-order valence-corrected chi connectivity index (χ1v) is 6.41. The van der Waals surface area contributed by atoms with Gasteiger partial charge in [-0.25, -0.2) is 5.01 Å². The summed E-state index contributed by atoms with van der Waals surface area (Å²) < 4.78 is 5.24. The first-order chi connectivity index (χ1) is 9.06. The second-order valence-corrected chi connectivity index (χ2v) is 4.97. The van der Waals surface area contributed by atoms with Gasteiger partial charge in [-0.3, -0.25) is 9.59 Å². The molecule has 106 valence electrons. The topological polar surface area (TPSA) is 91.2 Å². The van der Waals surface area contributed by atoms with Crippen molar-refractivity contribution in [1.29, 1.82) is 0 Å². The molecule has 2 aliphatic rings. The minimum Gasteiger partial charge on any atom is -0.394 e. The Balaban J connectivity index is 2.04. The molecule has 0 aromatic heterocycles. The number of hydrogen-bond donors (Lipinski definition) is 2. The zero-order valence-corrected chi connectivity index (χ0v) is 11.0. The van der Waals surface area contributed by atoms with E-state index in [0.717, 1.165) is 0 Å². The molecule has 0 unspecified atom stereocenters. The van der Waals surface area contributed by atoms with Crippen LogP contribution in [0.3, 0.4) is 0 Å². The lowest BCUT2D eigenvalue weighted by molar-refractivity contribution is -0.130. The number of nitrogens with one attached hydrogen (secondary N) is 1. The molecule has 0 saturated carbocycles. The molecule has 1 fully saturated rings. The first-order valence-electron chi connectivity index (χ1n) is 6.41. The minimum absolute atomic E-state index is 0.0977. The van der Waals surface area contributed by atoms with E-state index in [1.54, 1.807) is 0 Å². The minimum atomic E-state index is -0.627. The van der Waals surface area contributed by atoms with Crippen LogP contribution in [0.5, 0.6) is 0 Å². The Bertz CT molecular complexity index is 402. The highest BCUT2D eigenvalue weighted by atomic mass is 16.5. The summed E-state index contributed by atoms with van der Waals surface area (Å²) in [4.78, 5) is 23.5. The van der Waals surface area contributed by atoms with Crippen molar-refractivity contribution in [1.82, 2.24) is 10.3 Å². The smallest absolute Gasteiger partial charge is 0.268 e. The molecule has 2 amide bonds. The van der Waals surface area contributed by atoms with Gasteiger partial charge in [0.1, 0.15) is 5.71 Å². The predicted molar refractivity (Wildman–Crippen MR) is 67.5 cm³/mol. The van der Waals surface area contributed by atoms with Gasteiger partial charge in [-0.15, -0.1) is 0 Å². The molecule has 2 rings (SSSR count). The van der Waals surface area contributed by atoms with Crippen molar-refractivity contribution in [2.24, 2.45) is 5.10 Å². The van der Waals surface area contributed by atoms with Crippen molar-refractivity contribution in [3.05, 3.63) is 0 Å². The van der Waals surface area contributed by atoms with Crippen LogP contribution >= 0.6 is 0 Å². The SMILES string of the molecule is CN1N=C(C(=O)NC2(CO)CCOCC2)CCC1=O. The zero-order chi connectivity index (χ0) is 13.9. The van der Waals surface area contributed by atoms with Gasteiger partial charge in [-0.1, -0.05) is 0 Å². The quantitative estimate of drug-likeness (QED) is 0.705. The second-order valence-electron chi connectivity index (χ2n) is 4.97. The van der Waals surface area contributed by atoms with Crippen LogP contribution in [-0.4, -0.2) is 60.0 Å². The molecule has 0 radical (unpaired) electrons. The van der Waals surface area contributed by atoms with E-state index in [4.69, 9.17) is 4.74 Å². The molecule has 2 N–H and O–H groups in total. The van der Waals surface area contributed by atoms with Crippen LogP contribution in [0.15, 0.2) is 5.10 Å². The van der Waals surface area contributed by atoms with Crippen molar-refractivity contribution in [2.45, 2.75) is 31.2 Å². The average Bonchev–Trinajstić information content (AvgIpc) is 2.43. The molecule has 0 aromatic carbocycles. The molecule has 2 aliphatic heterocycles. The maximum atomic E-state index is 12.2. The summed E-state index contributed by atoms with van der Waals surface area (Å²) in [5.41, 5.74) is -0.292. The highest BCUT2D eigenvalue weighted by Crippen LogP contribution is 2.20. The van der Waals surface area contributed by atoms with Gasteiger partial charge in [0.2, 0.25) is 5.91 Å². The second kappa shape index (κ2) is 5.66. The van der Waals surface area contributed by atoms with E-state index < -0.39 is 5.54 Å². The lowest BCUT2D eigenvalue weighted by Crippen LogP contribution is -2.56. The van der Waals surface area contributed by atoms with Gasteiger partial charge in [-0.05, 0) is 12.8 Å². The van der Waals surface area contributed by atoms with Crippen molar-refractivity contribution in [3.63, 3.8) is 0 Å². The summed E-state index contributed by atoms with van der Waals surface area (Å²) in [6.45, 7) is 0.918. The molecular weight excluding hydrogens is 250 g/mol. The number of hydrogen-bond acceptors (Lipinski definition) is 5. The van der Waals surface area contributed by atoms with Gasteiger partial charge in [-0.2, -0.15) is 5.10 Å². The predicted octanol–water partition coefficient (Wildman–Crippen LogP) is -0.748. The molecule has 0 atom stereocenters. The molecule has 2 heterocycles. The summed E-state index contributed by atoms with van der Waals surface area (Å²) in [5, 5.41) is 17.5. The average molecular weight is 269 g/mol. The molecule has 7 heteroatoms. The summed E-state index contributed by atoms with van der Waals surface area (Å²) in [5.74, 6) is -0.408. The van der Waals surface area contributed by atoms with E-state index in [9.17, 15) is 14.7 Å². The van der Waals surface area contributed by atoms with Gasteiger partial charge in [0.15, 0.2) is 0 Å². The fraction of sp³-hybridized carbons (Fsp3) is 0.750. The Kier molecular flexibility index (Phi) is 4.16. The van der Waals surface area contributed by atoms with Crippen LogP contribution in [0.25, 0.3) is 0 Å².